The Kier molecular flexibility index (Phi) is 6.59. The van der Waals surface area contributed by atoms with Gasteiger partial charge in [0.2, 0.25) is 0 Å². The van der Waals surface area contributed by atoms with E-state index in [1.165, 1.54) is 16.0 Å². The average molecular weight is 331 g/mol. The largest absolute Gasteiger partial charge is 0.357 e. The summed E-state index contributed by atoms with van der Waals surface area (Å²) in [5, 5.41) is 7.95. The van der Waals surface area contributed by atoms with Crippen LogP contribution < -0.4 is 10.6 Å². The minimum Gasteiger partial charge on any atom is -0.357 e. The Bertz CT molecular complexity index is 648. The normalized spacial score (nSPS) is 13.0. The van der Waals surface area contributed by atoms with Crippen LogP contribution in [0.5, 0.6) is 0 Å². The first kappa shape index (κ1) is 17.5. The van der Waals surface area contributed by atoms with Crippen LogP contribution in [0, 0.1) is 13.8 Å². The molecule has 2 aromatic rings. The van der Waals surface area contributed by atoms with E-state index in [1.807, 2.05) is 6.20 Å². The van der Waals surface area contributed by atoms with Crippen molar-refractivity contribution in [3.8, 4) is 0 Å². The third kappa shape index (κ3) is 5.36. The van der Waals surface area contributed by atoms with Crippen molar-refractivity contribution in [2.45, 2.75) is 40.2 Å². The molecule has 2 rings (SSSR count). The van der Waals surface area contributed by atoms with Gasteiger partial charge in [0.15, 0.2) is 5.96 Å². The van der Waals surface area contributed by atoms with Gasteiger partial charge in [0, 0.05) is 30.6 Å². The van der Waals surface area contributed by atoms with Crippen LogP contribution in [0.2, 0.25) is 0 Å². The number of rotatable bonds is 6. The fraction of sp³-hybridized carbons (Fsp3) is 0.444. The molecule has 1 unspecified atom stereocenters. The second-order valence-electron chi connectivity index (χ2n) is 5.60. The molecule has 0 aliphatic heterocycles. The highest BCUT2D eigenvalue weighted by Gasteiger charge is 2.09. The van der Waals surface area contributed by atoms with E-state index >= 15 is 0 Å². The van der Waals surface area contributed by atoms with Gasteiger partial charge in [-0.1, -0.05) is 24.3 Å². The third-order valence-corrected chi connectivity index (χ3v) is 4.59. The molecule has 1 aromatic carbocycles. The summed E-state index contributed by atoms with van der Waals surface area (Å²) in [6, 6.07) is 8.67. The van der Waals surface area contributed by atoms with Gasteiger partial charge in [-0.25, -0.2) is 4.98 Å². The lowest BCUT2D eigenvalue weighted by Gasteiger charge is -2.19. The van der Waals surface area contributed by atoms with E-state index in [0.717, 1.165) is 30.5 Å². The number of hydrogen-bond donors (Lipinski definition) is 2. The minimum absolute atomic E-state index is 0.219. The molecule has 23 heavy (non-hydrogen) atoms. The van der Waals surface area contributed by atoms with Crippen molar-refractivity contribution in [3.05, 3.63) is 51.5 Å². The average Bonchev–Trinajstić information content (AvgIpc) is 2.93. The quantitative estimate of drug-likeness (QED) is 0.628. The highest BCUT2D eigenvalue weighted by atomic mass is 32.1. The molecule has 0 spiro atoms. The lowest BCUT2D eigenvalue weighted by atomic mass is 10.0. The summed E-state index contributed by atoms with van der Waals surface area (Å²) in [4.78, 5) is 10.3. The zero-order valence-electron chi connectivity index (χ0n) is 14.4. The van der Waals surface area contributed by atoms with E-state index < -0.39 is 0 Å². The van der Waals surface area contributed by atoms with Crippen LogP contribution in [-0.2, 0) is 6.42 Å². The first-order valence-corrected chi connectivity index (χ1v) is 8.93. The molecule has 0 fully saturated rings. The molecule has 0 aliphatic carbocycles. The molecule has 5 heteroatoms. The van der Waals surface area contributed by atoms with Crippen LogP contribution in [0.1, 0.15) is 40.9 Å². The fourth-order valence-electron chi connectivity index (χ4n) is 2.46. The van der Waals surface area contributed by atoms with Gasteiger partial charge in [0.05, 0.1) is 11.0 Å². The summed E-state index contributed by atoms with van der Waals surface area (Å²) >= 11 is 1.74. The number of benzene rings is 1. The van der Waals surface area contributed by atoms with E-state index in [9.17, 15) is 0 Å². The number of guanidine groups is 1. The molecule has 0 saturated heterocycles. The molecule has 0 amide bonds. The van der Waals surface area contributed by atoms with Gasteiger partial charge in [-0.3, -0.25) is 4.99 Å². The Hall–Kier alpha value is -1.88. The summed E-state index contributed by atoms with van der Waals surface area (Å²) < 4.78 is 0. The van der Waals surface area contributed by atoms with Gasteiger partial charge in [0.25, 0.3) is 0 Å². The summed E-state index contributed by atoms with van der Waals surface area (Å²) in [7, 11) is 0. The SMILES string of the molecule is CCNC(=NCCc1ncc(C)s1)NC(C)c1ccccc1C. The minimum atomic E-state index is 0.219. The highest BCUT2D eigenvalue weighted by molar-refractivity contribution is 7.11. The van der Waals surface area contributed by atoms with Crippen molar-refractivity contribution in [2.75, 3.05) is 13.1 Å². The molecule has 2 N–H and O–H groups in total. The lowest BCUT2D eigenvalue weighted by Crippen LogP contribution is -2.39. The molecule has 1 aromatic heterocycles. The highest BCUT2D eigenvalue weighted by Crippen LogP contribution is 2.16. The van der Waals surface area contributed by atoms with Crippen molar-refractivity contribution in [1.29, 1.82) is 0 Å². The molecule has 0 saturated carbocycles. The Morgan fingerprint density at radius 3 is 2.74 bits per heavy atom. The van der Waals surface area contributed by atoms with E-state index in [4.69, 9.17) is 0 Å². The van der Waals surface area contributed by atoms with Gasteiger partial charge in [-0.15, -0.1) is 11.3 Å². The number of hydrogen-bond acceptors (Lipinski definition) is 3. The number of aliphatic imine (C=N–C) groups is 1. The third-order valence-electron chi connectivity index (χ3n) is 3.62. The Morgan fingerprint density at radius 1 is 1.30 bits per heavy atom. The van der Waals surface area contributed by atoms with Crippen molar-refractivity contribution >= 4 is 17.3 Å². The molecule has 1 atom stereocenters. The second-order valence-corrected chi connectivity index (χ2v) is 6.92. The van der Waals surface area contributed by atoms with Crippen LogP contribution in [0.15, 0.2) is 35.5 Å². The van der Waals surface area contributed by atoms with Crippen molar-refractivity contribution < 1.29 is 0 Å². The van der Waals surface area contributed by atoms with Crippen LogP contribution in [-0.4, -0.2) is 24.0 Å². The molecular weight excluding hydrogens is 304 g/mol. The Balaban J connectivity index is 1.97. The number of thiazole rings is 1. The Labute approximate surface area is 143 Å². The lowest BCUT2D eigenvalue weighted by molar-refractivity contribution is 0.682. The number of aryl methyl sites for hydroxylation is 2. The van der Waals surface area contributed by atoms with Crippen LogP contribution in [0.4, 0.5) is 0 Å². The Morgan fingerprint density at radius 2 is 2.09 bits per heavy atom. The first-order chi connectivity index (χ1) is 11.1. The van der Waals surface area contributed by atoms with Crippen LogP contribution in [0.3, 0.4) is 0 Å². The predicted octanol–water partition coefficient (Wildman–Crippen LogP) is 3.62. The van der Waals surface area contributed by atoms with E-state index in [0.29, 0.717) is 0 Å². The zero-order valence-corrected chi connectivity index (χ0v) is 15.2. The van der Waals surface area contributed by atoms with E-state index in [-0.39, 0.29) is 6.04 Å². The van der Waals surface area contributed by atoms with Gasteiger partial charge in [-0.2, -0.15) is 0 Å². The van der Waals surface area contributed by atoms with Gasteiger partial charge < -0.3 is 10.6 Å². The maximum Gasteiger partial charge on any atom is 0.191 e. The standard InChI is InChI=1S/C18H26N4S/c1-5-19-18(20-11-10-17-21-12-14(3)23-17)22-15(4)16-9-7-6-8-13(16)2/h6-9,12,15H,5,10-11H2,1-4H3,(H2,19,20,22). The summed E-state index contributed by atoms with van der Waals surface area (Å²) in [5.74, 6) is 0.858. The molecule has 124 valence electrons. The smallest absolute Gasteiger partial charge is 0.191 e. The van der Waals surface area contributed by atoms with Crippen LogP contribution >= 0.6 is 11.3 Å². The molecular formula is C18H26N4S. The van der Waals surface area contributed by atoms with Gasteiger partial charge >= 0.3 is 0 Å². The number of nitrogens with zero attached hydrogens (tertiary/aromatic N) is 2. The van der Waals surface area contributed by atoms with Crippen LogP contribution in [0.25, 0.3) is 0 Å². The second kappa shape index (κ2) is 8.67. The van der Waals surface area contributed by atoms with E-state index in [1.54, 1.807) is 11.3 Å². The fourth-order valence-corrected chi connectivity index (χ4v) is 3.23. The molecule has 4 nitrogen and oxygen atoms in total. The summed E-state index contributed by atoms with van der Waals surface area (Å²) in [6.45, 7) is 10.1. The number of nitrogens with one attached hydrogen (secondary N) is 2. The summed E-state index contributed by atoms with van der Waals surface area (Å²) in [6.07, 6.45) is 2.81. The maximum atomic E-state index is 4.67. The predicted molar refractivity (Wildman–Crippen MR) is 99.3 cm³/mol. The maximum absolute atomic E-state index is 4.67. The monoisotopic (exact) mass is 330 g/mol. The summed E-state index contributed by atoms with van der Waals surface area (Å²) in [5.41, 5.74) is 2.59. The van der Waals surface area contributed by atoms with E-state index in [2.05, 4.69) is 72.6 Å². The van der Waals surface area contributed by atoms with Gasteiger partial charge in [0.1, 0.15) is 0 Å². The first-order valence-electron chi connectivity index (χ1n) is 8.11. The topological polar surface area (TPSA) is 49.3 Å². The number of aromatic nitrogens is 1. The molecule has 0 bridgehead atoms. The zero-order chi connectivity index (χ0) is 16.7. The molecule has 1 heterocycles. The molecule has 0 aliphatic rings. The molecule has 0 radical (unpaired) electrons. The van der Waals surface area contributed by atoms with Crippen molar-refractivity contribution in [1.82, 2.24) is 15.6 Å². The van der Waals surface area contributed by atoms with Crippen molar-refractivity contribution in [3.63, 3.8) is 0 Å². The van der Waals surface area contributed by atoms with Gasteiger partial charge in [-0.05, 0) is 38.8 Å². The van der Waals surface area contributed by atoms with Crippen molar-refractivity contribution in [2.24, 2.45) is 4.99 Å².